The molecule has 25 heavy (non-hydrogen) atoms. The molecule has 2 aromatic rings. The number of hydrogen-bond acceptors (Lipinski definition) is 4. The van der Waals surface area contributed by atoms with E-state index < -0.39 is 24.3 Å². The smallest absolute Gasteiger partial charge is 0.344 e. The van der Waals surface area contributed by atoms with Crippen LogP contribution in [0.4, 0.5) is 8.78 Å². The van der Waals surface area contributed by atoms with Crippen LogP contribution >= 0.6 is 0 Å². The molecule has 132 valence electrons. The van der Waals surface area contributed by atoms with E-state index >= 15 is 0 Å². The molecule has 0 heterocycles. The number of nitrogens with one attached hydrogen (secondary N) is 1. The largest absolute Gasteiger partial charge is 0.482 e. The van der Waals surface area contributed by atoms with Crippen LogP contribution in [0.3, 0.4) is 0 Å². The molecule has 0 spiro atoms. The van der Waals surface area contributed by atoms with Crippen LogP contribution in [0.15, 0.2) is 48.5 Å². The van der Waals surface area contributed by atoms with Crippen LogP contribution in [0.5, 0.6) is 5.75 Å². The number of benzene rings is 2. The van der Waals surface area contributed by atoms with Crippen LogP contribution in [0.1, 0.15) is 5.56 Å². The Bertz CT molecular complexity index is 702. The van der Waals surface area contributed by atoms with Crippen molar-refractivity contribution in [2.75, 3.05) is 19.8 Å². The first-order valence-corrected chi connectivity index (χ1v) is 7.58. The van der Waals surface area contributed by atoms with E-state index in [-0.39, 0.29) is 12.4 Å². The van der Waals surface area contributed by atoms with Gasteiger partial charge in [-0.15, -0.1) is 0 Å². The Morgan fingerprint density at radius 2 is 1.48 bits per heavy atom. The maximum Gasteiger partial charge on any atom is 0.344 e. The first-order chi connectivity index (χ1) is 12.0. The maximum atomic E-state index is 12.8. The fourth-order valence-electron chi connectivity index (χ4n) is 1.91. The Labute approximate surface area is 143 Å². The molecule has 0 radical (unpaired) electrons. The molecule has 0 saturated heterocycles. The van der Waals surface area contributed by atoms with Crippen LogP contribution in [0.25, 0.3) is 0 Å². The van der Waals surface area contributed by atoms with Crippen molar-refractivity contribution in [2.24, 2.45) is 0 Å². The van der Waals surface area contributed by atoms with Crippen molar-refractivity contribution >= 4 is 11.9 Å². The summed E-state index contributed by atoms with van der Waals surface area (Å²) in [7, 11) is 0. The van der Waals surface area contributed by atoms with Gasteiger partial charge in [-0.3, -0.25) is 4.79 Å². The third kappa shape index (κ3) is 6.99. The standard InChI is InChI=1S/C18H17F2NO4/c19-14-3-1-13(2-4-14)9-10-21-17(22)11-25-18(23)12-24-16-7-5-15(20)6-8-16/h1-8H,9-12H2,(H,21,22). The number of carbonyl (C=O) groups is 2. The van der Waals surface area contributed by atoms with E-state index in [2.05, 4.69) is 5.32 Å². The van der Waals surface area contributed by atoms with Crippen LogP contribution < -0.4 is 10.1 Å². The second kappa shape index (κ2) is 9.36. The van der Waals surface area contributed by atoms with Gasteiger partial charge in [-0.2, -0.15) is 0 Å². The number of halogens is 2. The quantitative estimate of drug-likeness (QED) is 0.743. The highest BCUT2D eigenvalue weighted by atomic mass is 19.1. The van der Waals surface area contributed by atoms with Gasteiger partial charge in [-0.1, -0.05) is 12.1 Å². The average molecular weight is 349 g/mol. The van der Waals surface area contributed by atoms with Crippen molar-refractivity contribution in [2.45, 2.75) is 6.42 Å². The average Bonchev–Trinajstić information content (AvgIpc) is 2.61. The van der Waals surface area contributed by atoms with Gasteiger partial charge in [0.25, 0.3) is 5.91 Å². The van der Waals surface area contributed by atoms with Gasteiger partial charge in [-0.05, 0) is 48.4 Å². The summed E-state index contributed by atoms with van der Waals surface area (Å²) in [5.41, 5.74) is 0.881. The third-order valence-electron chi connectivity index (χ3n) is 3.18. The number of hydrogen-bond donors (Lipinski definition) is 1. The van der Waals surface area contributed by atoms with Crippen LogP contribution in [-0.4, -0.2) is 31.6 Å². The Morgan fingerprint density at radius 1 is 0.880 bits per heavy atom. The molecule has 0 bridgehead atoms. The van der Waals surface area contributed by atoms with Gasteiger partial charge in [-0.25, -0.2) is 13.6 Å². The zero-order valence-corrected chi connectivity index (χ0v) is 13.3. The van der Waals surface area contributed by atoms with Crippen LogP contribution in [-0.2, 0) is 20.7 Å². The monoisotopic (exact) mass is 349 g/mol. The molecule has 0 unspecified atom stereocenters. The van der Waals surface area contributed by atoms with Crippen molar-refractivity contribution in [3.8, 4) is 5.75 Å². The van der Waals surface area contributed by atoms with Gasteiger partial charge >= 0.3 is 5.97 Å². The van der Waals surface area contributed by atoms with E-state index in [0.717, 1.165) is 5.56 Å². The van der Waals surface area contributed by atoms with Crippen molar-refractivity contribution in [3.05, 3.63) is 65.7 Å². The Morgan fingerprint density at radius 3 is 2.12 bits per heavy atom. The first-order valence-electron chi connectivity index (χ1n) is 7.58. The minimum Gasteiger partial charge on any atom is -0.482 e. The summed E-state index contributed by atoms with van der Waals surface area (Å²) in [4.78, 5) is 23.1. The lowest BCUT2D eigenvalue weighted by Crippen LogP contribution is -2.31. The fraction of sp³-hybridized carbons (Fsp3) is 0.222. The lowest BCUT2D eigenvalue weighted by Gasteiger charge is -2.08. The highest BCUT2D eigenvalue weighted by Gasteiger charge is 2.08. The molecule has 1 amide bonds. The maximum absolute atomic E-state index is 12.8. The number of amides is 1. The molecule has 0 atom stereocenters. The van der Waals surface area contributed by atoms with Crippen molar-refractivity contribution < 1.29 is 27.8 Å². The summed E-state index contributed by atoms with van der Waals surface area (Å²) in [5.74, 6) is -1.56. The number of ether oxygens (including phenoxy) is 2. The molecular formula is C18H17F2NO4. The number of esters is 1. The van der Waals surface area contributed by atoms with Gasteiger partial charge in [0.15, 0.2) is 13.2 Å². The topological polar surface area (TPSA) is 64.6 Å². The molecule has 0 aromatic heterocycles. The second-order valence-electron chi connectivity index (χ2n) is 5.13. The predicted molar refractivity (Wildman–Crippen MR) is 86.0 cm³/mol. The molecule has 0 aliphatic carbocycles. The highest BCUT2D eigenvalue weighted by molar-refractivity contribution is 5.80. The summed E-state index contributed by atoms with van der Waals surface area (Å²) in [6, 6.07) is 11.1. The number of carbonyl (C=O) groups excluding carboxylic acids is 2. The van der Waals surface area contributed by atoms with E-state index in [1.54, 1.807) is 12.1 Å². The normalized spacial score (nSPS) is 10.2. The minimum absolute atomic E-state index is 0.317. The molecule has 0 saturated carbocycles. The Balaban J connectivity index is 1.59. The molecule has 0 fully saturated rings. The molecule has 2 rings (SSSR count). The fourth-order valence-corrected chi connectivity index (χ4v) is 1.91. The van der Waals surface area contributed by atoms with Crippen molar-refractivity contribution in [1.29, 1.82) is 0 Å². The minimum atomic E-state index is -0.710. The summed E-state index contributed by atoms with van der Waals surface area (Å²) >= 11 is 0. The molecule has 5 nitrogen and oxygen atoms in total. The van der Waals surface area contributed by atoms with E-state index in [4.69, 9.17) is 9.47 Å². The lowest BCUT2D eigenvalue weighted by molar-refractivity contribution is -0.150. The second-order valence-corrected chi connectivity index (χ2v) is 5.13. The van der Waals surface area contributed by atoms with Gasteiger partial charge < -0.3 is 14.8 Å². The predicted octanol–water partition coefficient (Wildman–Crippen LogP) is 2.25. The molecule has 1 N–H and O–H groups in total. The van der Waals surface area contributed by atoms with Gasteiger partial charge in [0.05, 0.1) is 0 Å². The van der Waals surface area contributed by atoms with Gasteiger partial charge in [0, 0.05) is 6.54 Å². The molecule has 2 aromatic carbocycles. The van der Waals surface area contributed by atoms with Crippen LogP contribution in [0.2, 0.25) is 0 Å². The summed E-state index contributed by atoms with van der Waals surface area (Å²) in [6.45, 7) is -0.461. The van der Waals surface area contributed by atoms with Crippen molar-refractivity contribution in [3.63, 3.8) is 0 Å². The van der Waals surface area contributed by atoms with E-state index in [1.165, 1.54) is 36.4 Å². The SMILES string of the molecule is O=C(COC(=O)COc1ccc(F)cc1)NCCc1ccc(F)cc1. The summed E-state index contributed by atoms with van der Waals surface area (Å²) < 4.78 is 35.3. The van der Waals surface area contributed by atoms with Crippen LogP contribution in [0, 0.1) is 11.6 Å². The number of rotatable bonds is 8. The summed E-state index contributed by atoms with van der Waals surface area (Å²) in [5, 5.41) is 2.59. The van der Waals surface area contributed by atoms with Gasteiger partial charge in [0.1, 0.15) is 17.4 Å². The van der Waals surface area contributed by atoms with E-state index in [0.29, 0.717) is 18.7 Å². The zero-order valence-electron chi connectivity index (χ0n) is 13.3. The Kier molecular flexibility index (Phi) is 6.88. The Hall–Kier alpha value is -2.96. The highest BCUT2D eigenvalue weighted by Crippen LogP contribution is 2.10. The lowest BCUT2D eigenvalue weighted by atomic mass is 10.1. The van der Waals surface area contributed by atoms with E-state index in [9.17, 15) is 18.4 Å². The molecule has 7 heteroatoms. The third-order valence-corrected chi connectivity index (χ3v) is 3.18. The van der Waals surface area contributed by atoms with Gasteiger partial charge in [0.2, 0.25) is 0 Å². The summed E-state index contributed by atoms with van der Waals surface area (Å²) in [6.07, 6.45) is 0.535. The van der Waals surface area contributed by atoms with E-state index in [1.807, 2.05) is 0 Å². The molecule has 0 aliphatic heterocycles. The molecule has 0 aliphatic rings. The van der Waals surface area contributed by atoms with Crippen molar-refractivity contribution in [1.82, 2.24) is 5.32 Å². The first kappa shape index (κ1) is 18.4. The zero-order chi connectivity index (χ0) is 18.1. The molecular weight excluding hydrogens is 332 g/mol.